The Morgan fingerprint density at radius 1 is 1.11 bits per heavy atom. The van der Waals surface area contributed by atoms with E-state index in [1.54, 1.807) is 0 Å². The van der Waals surface area contributed by atoms with Crippen molar-refractivity contribution in [3.05, 3.63) is 55.9 Å². The molecule has 0 unspecified atom stereocenters. The lowest BCUT2D eigenvalue weighted by Gasteiger charge is -2.12. The van der Waals surface area contributed by atoms with Gasteiger partial charge in [0.25, 0.3) is 0 Å². The van der Waals surface area contributed by atoms with Crippen LogP contribution in [0.3, 0.4) is 0 Å². The number of hydrogen-bond donors (Lipinski definition) is 3. The molecular formula is C20H24N2O3S2. The quantitative estimate of drug-likeness (QED) is 0.488. The highest BCUT2D eigenvalue weighted by Gasteiger charge is 2.16. The minimum atomic E-state index is -0.642. The van der Waals surface area contributed by atoms with Gasteiger partial charge in [-0.05, 0) is 55.7 Å². The summed E-state index contributed by atoms with van der Waals surface area (Å²) in [5.74, 6) is -1.22. The molecule has 2 amide bonds. The maximum Gasteiger partial charge on any atom is 0.309 e. The van der Waals surface area contributed by atoms with E-state index in [9.17, 15) is 14.7 Å². The fourth-order valence-corrected chi connectivity index (χ4v) is 4.78. The van der Waals surface area contributed by atoms with Gasteiger partial charge in [0.15, 0.2) is 0 Å². The van der Waals surface area contributed by atoms with Crippen molar-refractivity contribution in [2.24, 2.45) is 0 Å². The molecule has 0 radical (unpaired) electrons. The van der Waals surface area contributed by atoms with Crippen LogP contribution in [0.2, 0.25) is 0 Å². The van der Waals surface area contributed by atoms with Crippen molar-refractivity contribution in [2.75, 3.05) is 6.54 Å². The molecule has 0 saturated carbocycles. The molecule has 0 spiro atoms. The fourth-order valence-electron chi connectivity index (χ4n) is 3.02. The number of aliphatic hydroxyl groups excluding tert-OH is 1. The van der Waals surface area contributed by atoms with Crippen LogP contribution in [-0.2, 0) is 16.1 Å². The first-order valence-electron chi connectivity index (χ1n) is 9.17. The SMILES string of the molecule is O=C(NCCC1=CCCCC1)C(=O)NCc1ccc([C@@H](O)c2cccs2)s1. The number of nitrogens with one attached hydrogen (secondary N) is 2. The molecule has 0 bridgehead atoms. The summed E-state index contributed by atoms with van der Waals surface area (Å²) in [6, 6.07) is 7.52. The first-order chi connectivity index (χ1) is 13.1. The van der Waals surface area contributed by atoms with Crippen LogP contribution in [0.15, 0.2) is 41.3 Å². The van der Waals surface area contributed by atoms with E-state index in [4.69, 9.17) is 0 Å². The second kappa shape index (κ2) is 9.82. The highest BCUT2D eigenvalue weighted by atomic mass is 32.1. The lowest BCUT2D eigenvalue weighted by molar-refractivity contribution is -0.139. The van der Waals surface area contributed by atoms with Crippen LogP contribution in [-0.4, -0.2) is 23.5 Å². The Bertz CT molecular complexity index is 796. The highest BCUT2D eigenvalue weighted by molar-refractivity contribution is 7.12. The molecule has 1 atom stereocenters. The van der Waals surface area contributed by atoms with Crippen molar-refractivity contribution in [3.8, 4) is 0 Å². The topological polar surface area (TPSA) is 78.4 Å². The average Bonchev–Trinajstić information content (AvgIpc) is 3.38. The molecule has 0 aliphatic heterocycles. The zero-order chi connectivity index (χ0) is 19.1. The van der Waals surface area contributed by atoms with Crippen molar-refractivity contribution >= 4 is 34.5 Å². The van der Waals surface area contributed by atoms with Crippen LogP contribution < -0.4 is 10.6 Å². The number of allylic oxidation sites excluding steroid dienone is 1. The molecule has 0 fully saturated rings. The maximum absolute atomic E-state index is 11.9. The number of hydrogen-bond acceptors (Lipinski definition) is 5. The van der Waals surface area contributed by atoms with E-state index in [-0.39, 0.29) is 6.54 Å². The third kappa shape index (κ3) is 5.76. The molecule has 3 N–H and O–H groups in total. The van der Waals surface area contributed by atoms with Gasteiger partial charge in [-0.3, -0.25) is 9.59 Å². The Kier molecular flexibility index (Phi) is 7.20. The van der Waals surface area contributed by atoms with Gasteiger partial charge in [0.2, 0.25) is 0 Å². The third-order valence-corrected chi connectivity index (χ3v) is 6.57. The molecule has 27 heavy (non-hydrogen) atoms. The number of amides is 2. The molecule has 7 heteroatoms. The molecule has 5 nitrogen and oxygen atoms in total. The van der Waals surface area contributed by atoms with Gasteiger partial charge in [0.1, 0.15) is 6.10 Å². The number of carbonyl (C=O) groups excluding carboxylic acids is 2. The van der Waals surface area contributed by atoms with Crippen molar-refractivity contribution in [1.82, 2.24) is 10.6 Å². The van der Waals surface area contributed by atoms with Crippen LogP contribution >= 0.6 is 22.7 Å². The fraction of sp³-hybridized carbons (Fsp3) is 0.400. The third-order valence-electron chi connectivity index (χ3n) is 4.51. The smallest absolute Gasteiger partial charge is 0.309 e. The van der Waals surface area contributed by atoms with Gasteiger partial charge in [0.05, 0.1) is 6.54 Å². The van der Waals surface area contributed by atoms with Crippen LogP contribution in [0.1, 0.15) is 52.8 Å². The second-order valence-electron chi connectivity index (χ2n) is 6.52. The summed E-state index contributed by atoms with van der Waals surface area (Å²) in [4.78, 5) is 26.5. The molecule has 0 saturated heterocycles. The van der Waals surface area contributed by atoms with E-state index in [1.165, 1.54) is 41.1 Å². The standard InChI is InChI=1S/C20H24N2O3S2/c23-18(16-7-4-12-26-16)17-9-8-15(27-17)13-22-20(25)19(24)21-11-10-14-5-2-1-3-6-14/h4-5,7-9,12,18,23H,1-3,6,10-11,13H2,(H,21,24)(H,22,25)/t18-/m0/s1. The molecule has 2 aromatic heterocycles. The van der Waals surface area contributed by atoms with Crippen LogP contribution in [0.25, 0.3) is 0 Å². The molecule has 2 heterocycles. The highest BCUT2D eigenvalue weighted by Crippen LogP contribution is 2.30. The monoisotopic (exact) mass is 404 g/mol. The van der Waals surface area contributed by atoms with E-state index < -0.39 is 17.9 Å². The summed E-state index contributed by atoms with van der Waals surface area (Å²) in [6.45, 7) is 0.771. The lowest BCUT2D eigenvalue weighted by atomic mass is 9.97. The summed E-state index contributed by atoms with van der Waals surface area (Å²) in [6.07, 6.45) is 7.09. The lowest BCUT2D eigenvalue weighted by Crippen LogP contribution is -2.39. The number of thiophene rings is 2. The van der Waals surface area contributed by atoms with Gasteiger partial charge in [-0.15, -0.1) is 22.7 Å². The zero-order valence-corrected chi connectivity index (χ0v) is 16.7. The Morgan fingerprint density at radius 2 is 1.96 bits per heavy atom. The van der Waals surface area contributed by atoms with E-state index in [0.717, 1.165) is 33.9 Å². The van der Waals surface area contributed by atoms with E-state index in [0.29, 0.717) is 6.54 Å². The predicted molar refractivity (Wildman–Crippen MR) is 109 cm³/mol. The molecule has 2 aromatic rings. The molecule has 3 rings (SSSR count). The minimum Gasteiger partial charge on any atom is -0.382 e. The van der Waals surface area contributed by atoms with Crippen molar-refractivity contribution < 1.29 is 14.7 Å². The maximum atomic E-state index is 11.9. The first-order valence-corrected chi connectivity index (χ1v) is 10.9. The van der Waals surface area contributed by atoms with Gasteiger partial charge in [-0.1, -0.05) is 17.7 Å². The average molecular weight is 405 g/mol. The number of carbonyl (C=O) groups is 2. The summed E-state index contributed by atoms with van der Waals surface area (Å²) in [7, 11) is 0. The van der Waals surface area contributed by atoms with Gasteiger partial charge < -0.3 is 15.7 Å². The second-order valence-corrected chi connectivity index (χ2v) is 8.70. The first kappa shape index (κ1) is 19.8. The zero-order valence-electron chi connectivity index (χ0n) is 15.1. The van der Waals surface area contributed by atoms with Crippen LogP contribution in [0.4, 0.5) is 0 Å². The number of aliphatic hydroxyl groups is 1. The van der Waals surface area contributed by atoms with E-state index >= 15 is 0 Å². The summed E-state index contributed by atoms with van der Waals surface area (Å²) < 4.78 is 0. The Labute approximate surface area is 167 Å². The summed E-state index contributed by atoms with van der Waals surface area (Å²) in [5, 5.41) is 17.6. The minimum absolute atomic E-state index is 0.277. The molecule has 1 aliphatic rings. The van der Waals surface area contributed by atoms with Gasteiger partial charge in [-0.2, -0.15) is 0 Å². The largest absolute Gasteiger partial charge is 0.382 e. The van der Waals surface area contributed by atoms with Crippen LogP contribution in [0, 0.1) is 0 Å². The van der Waals surface area contributed by atoms with Gasteiger partial charge in [-0.25, -0.2) is 0 Å². The molecular weight excluding hydrogens is 380 g/mol. The Morgan fingerprint density at radius 3 is 2.70 bits per heavy atom. The normalized spacial score (nSPS) is 15.1. The van der Waals surface area contributed by atoms with Crippen LogP contribution in [0.5, 0.6) is 0 Å². The number of rotatable bonds is 7. The summed E-state index contributed by atoms with van der Waals surface area (Å²) >= 11 is 2.94. The van der Waals surface area contributed by atoms with E-state index in [1.807, 2.05) is 29.6 Å². The Hall–Kier alpha value is -1.96. The Balaban J connectivity index is 1.40. The molecule has 0 aromatic carbocycles. The van der Waals surface area contributed by atoms with Gasteiger partial charge in [0, 0.05) is 21.2 Å². The molecule has 144 valence electrons. The summed E-state index contributed by atoms with van der Waals surface area (Å²) in [5.41, 5.74) is 1.37. The van der Waals surface area contributed by atoms with Crippen molar-refractivity contribution in [1.29, 1.82) is 0 Å². The van der Waals surface area contributed by atoms with Gasteiger partial charge >= 0.3 is 11.8 Å². The molecule has 1 aliphatic carbocycles. The van der Waals surface area contributed by atoms with Crippen molar-refractivity contribution in [2.45, 2.75) is 44.8 Å². The van der Waals surface area contributed by atoms with E-state index in [2.05, 4.69) is 16.7 Å². The van der Waals surface area contributed by atoms with Crippen molar-refractivity contribution in [3.63, 3.8) is 0 Å². The predicted octanol–water partition coefficient (Wildman–Crippen LogP) is 3.51.